The Labute approximate surface area is 123 Å². The van der Waals surface area contributed by atoms with Crippen LogP contribution in [-0.2, 0) is 4.79 Å². The summed E-state index contributed by atoms with van der Waals surface area (Å²) in [5.41, 5.74) is 1.15. The standard InChI is InChI=1S/C16H20BrNO/c1-10(13-4-2-3-5-15(13)17)18-16(19)14-9-11-6-7-12(14)8-11/h2-5,10-12,14H,6-9H2,1H3,(H,18,19). The van der Waals surface area contributed by atoms with Gasteiger partial charge < -0.3 is 5.32 Å². The third kappa shape index (κ3) is 2.58. The van der Waals surface area contributed by atoms with Crippen LogP contribution in [0.3, 0.4) is 0 Å². The average molecular weight is 322 g/mol. The lowest BCUT2D eigenvalue weighted by Gasteiger charge is -2.24. The summed E-state index contributed by atoms with van der Waals surface area (Å²) >= 11 is 3.55. The number of carbonyl (C=O) groups excluding carboxylic acids is 1. The van der Waals surface area contributed by atoms with E-state index >= 15 is 0 Å². The molecule has 0 radical (unpaired) electrons. The molecular weight excluding hydrogens is 302 g/mol. The molecule has 2 bridgehead atoms. The number of nitrogens with one attached hydrogen (secondary N) is 1. The number of halogens is 1. The Hall–Kier alpha value is -0.830. The minimum atomic E-state index is 0.0715. The monoisotopic (exact) mass is 321 g/mol. The fraction of sp³-hybridized carbons (Fsp3) is 0.562. The predicted molar refractivity (Wildman–Crippen MR) is 79.6 cm³/mol. The van der Waals surface area contributed by atoms with Crippen LogP contribution < -0.4 is 5.32 Å². The molecule has 0 aromatic heterocycles. The number of hydrogen-bond acceptors (Lipinski definition) is 1. The van der Waals surface area contributed by atoms with Gasteiger partial charge in [0.1, 0.15) is 0 Å². The van der Waals surface area contributed by atoms with E-state index in [0.29, 0.717) is 5.92 Å². The van der Waals surface area contributed by atoms with Crippen LogP contribution in [-0.4, -0.2) is 5.91 Å². The number of fused-ring (bicyclic) bond motifs is 2. The van der Waals surface area contributed by atoms with Crippen LogP contribution in [0.1, 0.15) is 44.2 Å². The number of carbonyl (C=O) groups is 1. The van der Waals surface area contributed by atoms with Gasteiger partial charge in [0.05, 0.1) is 6.04 Å². The van der Waals surface area contributed by atoms with E-state index in [0.717, 1.165) is 22.4 Å². The first-order chi connectivity index (χ1) is 9.15. The van der Waals surface area contributed by atoms with Crippen molar-refractivity contribution >= 4 is 21.8 Å². The van der Waals surface area contributed by atoms with Gasteiger partial charge in [-0.1, -0.05) is 40.5 Å². The highest BCUT2D eigenvalue weighted by molar-refractivity contribution is 9.10. The van der Waals surface area contributed by atoms with E-state index in [1.54, 1.807) is 0 Å². The molecular formula is C16H20BrNO. The first-order valence-corrected chi connectivity index (χ1v) is 7.99. The third-order valence-electron chi connectivity index (χ3n) is 4.81. The maximum absolute atomic E-state index is 12.4. The molecule has 2 aliphatic carbocycles. The second-order valence-corrected chi connectivity index (χ2v) is 6.89. The topological polar surface area (TPSA) is 29.1 Å². The SMILES string of the molecule is CC(NC(=O)C1CC2CCC1C2)c1ccccc1Br. The van der Waals surface area contributed by atoms with Crippen molar-refractivity contribution < 1.29 is 4.79 Å². The Morgan fingerprint density at radius 2 is 2.11 bits per heavy atom. The van der Waals surface area contributed by atoms with Crippen LogP contribution in [0.2, 0.25) is 0 Å². The fourth-order valence-electron chi connectivity index (χ4n) is 3.79. The molecule has 1 N–H and O–H groups in total. The lowest BCUT2D eigenvalue weighted by atomic mass is 9.88. The highest BCUT2D eigenvalue weighted by Gasteiger charge is 2.43. The van der Waals surface area contributed by atoms with Crippen molar-refractivity contribution in [3.63, 3.8) is 0 Å². The Morgan fingerprint density at radius 3 is 2.74 bits per heavy atom. The summed E-state index contributed by atoms with van der Waals surface area (Å²) in [6.07, 6.45) is 4.99. The van der Waals surface area contributed by atoms with Crippen molar-refractivity contribution in [1.82, 2.24) is 5.32 Å². The second-order valence-electron chi connectivity index (χ2n) is 6.03. The number of rotatable bonds is 3. The molecule has 2 aliphatic rings. The number of hydrogen-bond donors (Lipinski definition) is 1. The van der Waals surface area contributed by atoms with Crippen molar-refractivity contribution in [2.75, 3.05) is 0 Å². The van der Waals surface area contributed by atoms with E-state index in [1.807, 2.05) is 18.2 Å². The van der Waals surface area contributed by atoms with E-state index in [4.69, 9.17) is 0 Å². The van der Waals surface area contributed by atoms with Gasteiger partial charge in [0, 0.05) is 10.4 Å². The lowest BCUT2D eigenvalue weighted by molar-refractivity contribution is -0.127. The zero-order valence-electron chi connectivity index (χ0n) is 11.2. The first kappa shape index (κ1) is 13.2. The molecule has 0 saturated heterocycles. The van der Waals surface area contributed by atoms with Crippen LogP contribution in [0.25, 0.3) is 0 Å². The summed E-state index contributed by atoms with van der Waals surface area (Å²) in [6.45, 7) is 2.06. The fourth-order valence-corrected chi connectivity index (χ4v) is 4.42. The average Bonchev–Trinajstić information content (AvgIpc) is 3.01. The Morgan fingerprint density at radius 1 is 1.32 bits per heavy atom. The Bertz CT molecular complexity index is 487. The highest BCUT2D eigenvalue weighted by atomic mass is 79.9. The molecule has 2 fully saturated rings. The molecule has 3 rings (SSSR count). The smallest absolute Gasteiger partial charge is 0.223 e. The van der Waals surface area contributed by atoms with Gasteiger partial charge in [0.25, 0.3) is 0 Å². The van der Waals surface area contributed by atoms with E-state index in [9.17, 15) is 4.79 Å². The van der Waals surface area contributed by atoms with Crippen molar-refractivity contribution in [1.29, 1.82) is 0 Å². The molecule has 0 aliphatic heterocycles. The first-order valence-electron chi connectivity index (χ1n) is 7.20. The van der Waals surface area contributed by atoms with Gasteiger partial charge in [0.2, 0.25) is 5.91 Å². The van der Waals surface area contributed by atoms with Crippen molar-refractivity contribution in [3.05, 3.63) is 34.3 Å². The van der Waals surface area contributed by atoms with Gasteiger partial charge in [0.15, 0.2) is 0 Å². The normalized spacial score (nSPS) is 30.3. The molecule has 1 aromatic carbocycles. The summed E-state index contributed by atoms with van der Waals surface area (Å²) in [6, 6.07) is 8.17. The lowest BCUT2D eigenvalue weighted by Crippen LogP contribution is -2.35. The van der Waals surface area contributed by atoms with E-state index in [2.05, 4.69) is 34.2 Å². The highest BCUT2D eigenvalue weighted by Crippen LogP contribution is 2.48. The van der Waals surface area contributed by atoms with Crippen LogP contribution in [0.4, 0.5) is 0 Å². The third-order valence-corrected chi connectivity index (χ3v) is 5.53. The zero-order valence-corrected chi connectivity index (χ0v) is 12.8. The number of amides is 1. The summed E-state index contributed by atoms with van der Waals surface area (Å²) in [5.74, 6) is 2.00. The molecule has 3 heteroatoms. The van der Waals surface area contributed by atoms with Gasteiger partial charge >= 0.3 is 0 Å². The molecule has 0 spiro atoms. The zero-order chi connectivity index (χ0) is 13.4. The molecule has 4 atom stereocenters. The van der Waals surface area contributed by atoms with Crippen LogP contribution >= 0.6 is 15.9 Å². The van der Waals surface area contributed by atoms with Crippen LogP contribution in [0.5, 0.6) is 0 Å². The van der Waals surface area contributed by atoms with Crippen molar-refractivity contribution in [2.24, 2.45) is 17.8 Å². The quantitative estimate of drug-likeness (QED) is 0.893. The second kappa shape index (κ2) is 5.28. The molecule has 19 heavy (non-hydrogen) atoms. The molecule has 0 heterocycles. The van der Waals surface area contributed by atoms with E-state index in [-0.39, 0.29) is 17.9 Å². The van der Waals surface area contributed by atoms with Gasteiger partial charge in [-0.05, 0) is 49.7 Å². The minimum absolute atomic E-state index is 0.0715. The predicted octanol–water partition coefficient (Wildman–Crippen LogP) is 4.06. The van der Waals surface area contributed by atoms with E-state index in [1.165, 1.54) is 19.3 Å². The van der Waals surface area contributed by atoms with Crippen LogP contribution in [0.15, 0.2) is 28.7 Å². The number of benzene rings is 1. The summed E-state index contributed by atoms with van der Waals surface area (Å²) in [5, 5.41) is 3.19. The van der Waals surface area contributed by atoms with E-state index < -0.39 is 0 Å². The van der Waals surface area contributed by atoms with Crippen molar-refractivity contribution in [3.8, 4) is 0 Å². The molecule has 2 nitrogen and oxygen atoms in total. The molecule has 4 unspecified atom stereocenters. The Kier molecular flexibility index (Phi) is 3.66. The van der Waals surface area contributed by atoms with Gasteiger partial charge in [-0.15, -0.1) is 0 Å². The molecule has 1 amide bonds. The summed E-state index contributed by atoms with van der Waals surface area (Å²) in [4.78, 5) is 12.4. The Balaban J connectivity index is 1.65. The maximum atomic E-state index is 12.4. The summed E-state index contributed by atoms with van der Waals surface area (Å²) in [7, 11) is 0. The van der Waals surface area contributed by atoms with Crippen molar-refractivity contribution in [2.45, 2.75) is 38.6 Å². The van der Waals surface area contributed by atoms with Gasteiger partial charge in [-0.2, -0.15) is 0 Å². The molecule has 2 saturated carbocycles. The maximum Gasteiger partial charge on any atom is 0.223 e. The molecule has 102 valence electrons. The summed E-state index contributed by atoms with van der Waals surface area (Å²) < 4.78 is 1.07. The van der Waals surface area contributed by atoms with Gasteiger partial charge in [-0.3, -0.25) is 4.79 Å². The van der Waals surface area contributed by atoms with Gasteiger partial charge in [-0.25, -0.2) is 0 Å². The minimum Gasteiger partial charge on any atom is -0.349 e. The van der Waals surface area contributed by atoms with Crippen LogP contribution in [0, 0.1) is 17.8 Å². The largest absolute Gasteiger partial charge is 0.349 e. The molecule has 1 aromatic rings.